The predicted octanol–water partition coefficient (Wildman–Crippen LogP) is 5.76. The van der Waals surface area contributed by atoms with Gasteiger partial charge in [-0.25, -0.2) is 9.59 Å². The Labute approximate surface area is 250 Å². The van der Waals surface area contributed by atoms with E-state index < -0.39 is 17.5 Å². The number of thiazole rings is 1. The van der Waals surface area contributed by atoms with Gasteiger partial charge in [-0.05, 0) is 47.0 Å². The zero-order valence-corrected chi connectivity index (χ0v) is 23.8. The first-order valence-electron chi connectivity index (χ1n) is 13.2. The highest BCUT2D eigenvalue weighted by molar-refractivity contribution is 7.16. The van der Waals surface area contributed by atoms with Gasteiger partial charge in [-0.3, -0.25) is 9.36 Å². The average molecular weight is 595 g/mol. The lowest BCUT2D eigenvalue weighted by Gasteiger charge is -2.10. The molecular weight excluding hydrogens is 568 g/mol. The Morgan fingerprint density at radius 3 is 2.16 bits per heavy atom. The van der Waals surface area contributed by atoms with Crippen LogP contribution in [0.4, 0.5) is 0 Å². The molecule has 43 heavy (non-hydrogen) atoms. The van der Waals surface area contributed by atoms with Gasteiger partial charge in [0, 0.05) is 11.1 Å². The Hall–Kier alpha value is -5.48. The highest BCUT2D eigenvalue weighted by Gasteiger charge is 2.16. The number of aromatic nitrogens is 1. The summed E-state index contributed by atoms with van der Waals surface area (Å²) in [6.07, 6.45) is 1.07. The fourth-order valence-corrected chi connectivity index (χ4v) is 5.49. The molecule has 5 rings (SSSR count). The van der Waals surface area contributed by atoms with Crippen molar-refractivity contribution in [3.63, 3.8) is 0 Å². The van der Waals surface area contributed by atoms with Crippen LogP contribution in [0.15, 0.2) is 113 Å². The van der Waals surface area contributed by atoms with Crippen molar-refractivity contribution in [1.82, 2.24) is 4.57 Å². The highest BCUT2D eigenvalue weighted by Crippen LogP contribution is 2.24. The minimum atomic E-state index is -1.52. The summed E-state index contributed by atoms with van der Waals surface area (Å²) in [5.41, 5.74) is 5.00. The number of hydrogen-bond acceptors (Lipinski definition) is 7. The second-order valence-corrected chi connectivity index (χ2v) is 10.3. The highest BCUT2D eigenvalue weighted by atomic mass is 32.1. The van der Waals surface area contributed by atoms with Gasteiger partial charge in [0.15, 0.2) is 0 Å². The fraction of sp³-hybridized carbons (Fsp3) is 0.0909. The molecule has 10 heteroatoms. The molecule has 0 radical (unpaired) electrons. The lowest BCUT2D eigenvalue weighted by Crippen LogP contribution is -2.17. The van der Waals surface area contributed by atoms with Crippen molar-refractivity contribution in [3.05, 3.63) is 129 Å². The molecule has 2 N–H and O–H groups in total. The summed E-state index contributed by atoms with van der Waals surface area (Å²) < 4.78 is 8.24. The van der Waals surface area contributed by atoms with E-state index in [2.05, 4.69) is 17.3 Å². The van der Waals surface area contributed by atoms with Crippen LogP contribution in [0.5, 0.6) is 5.75 Å². The van der Waals surface area contributed by atoms with Gasteiger partial charge in [0.25, 0.3) is 0 Å². The number of hydrogen-bond donors (Lipinski definition) is 2. The molecule has 9 nitrogen and oxygen atoms in total. The quantitative estimate of drug-likeness (QED) is 0.0654. The molecule has 0 aliphatic carbocycles. The molecule has 0 aliphatic heterocycles. The Kier molecular flexibility index (Phi) is 8.78. The first kappa shape index (κ1) is 29.0. The number of aliphatic carboxylic acids is 2. The van der Waals surface area contributed by atoms with E-state index in [0.717, 1.165) is 49.9 Å². The molecule has 0 bridgehead atoms. The van der Waals surface area contributed by atoms with Gasteiger partial charge in [0.05, 0.1) is 16.8 Å². The number of oxime groups is 1. The molecule has 0 saturated heterocycles. The minimum absolute atomic E-state index is 0.122. The molecule has 0 atom stereocenters. The summed E-state index contributed by atoms with van der Waals surface area (Å²) in [7, 11) is 1.50. The number of fused-ring (bicyclic) bond motifs is 1. The standard InChI is InChI=1S/C33H26N2O7S/c1-41-34-30(24-11-9-23(10-12-24)22-5-3-2-4-6-22)25-13-16-28-29(20-25)43-33(40)35(28)17-18-42-26-14-7-21(8-15-26)19-27(31(36)37)32(38)39/h2-16,19-20H,17-18H2,1H3,(H,36,37)(H,38,39)/b34-30-. The van der Waals surface area contributed by atoms with Crippen LogP contribution in [0.25, 0.3) is 27.4 Å². The predicted molar refractivity (Wildman–Crippen MR) is 166 cm³/mol. The van der Waals surface area contributed by atoms with Crippen molar-refractivity contribution in [3.8, 4) is 16.9 Å². The second kappa shape index (κ2) is 13.0. The zero-order chi connectivity index (χ0) is 30.3. The Balaban J connectivity index is 1.30. The number of carboxylic acids is 2. The van der Waals surface area contributed by atoms with E-state index in [1.807, 2.05) is 60.7 Å². The number of nitrogens with zero attached hydrogens (tertiary/aromatic N) is 2. The molecule has 0 saturated carbocycles. The second-order valence-electron chi connectivity index (χ2n) is 9.35. The van der Waals surface area contributed by atoms with Crippen molar-refractivity contribution in [2.45, 2.75) is 6.54 Å². The Bertz CT molecular complexity index is 1870. The van der Waals surface area contributed by atoms with E-state index in [-0.39, 0.29) is 11.5 Å². The van der Waals surface area contributed by atoms with Crippen molar-refractivity contribution in [2.24, 2.45) is 5.16 Å². The van der Waals surface area contributed by atoms with E-state index in [1.54, 1.807) is 28.8 Å². The molecule has 0 unspecified atom stereocenters. The topological polar surface area (TPSA) is 127 Å². The van der Waals surface area contributed by atoms with Gasteiger partial charge in [-0.1, -0.05) is 89.3 Å². The van der Waals surface area contributed by atoms with E-state index >= 15 is 0 Å². The number of carbonyl (C=O) groups is 2. The van der Waals surface area contributed by atoms with E-state index in [0.29, 0.717) is 23.6 Å². The molecule has 1 heterocycles. The summed E-state index contributed by atoms with van der Waals surface area (Å²) in [4.78, 5) is 40.1. The first-order chi connectivity index (χ1) is 20.8. The third-order valence-electron chi connectivity index (χ3n) is 6.63. The van der Waals surface area contributed by atoms with Crippen molar-refractivity contribution in [1.29, 1.82) is 0 Å². The van der Waals surface area contributed by atoms with Crippen LogP contribution >= 0.6 is 11.3 Å². The minimum Gasteiger partial charge on any atom is -0.492 e. The van der Waals surface area contributed by atoms with Gasteiger partial charge in [-0.15, -0.1) is 0 Å². The maximum absolute atomic E-state index is 12.9. The summed E-state index contributed by atoms with van der Waals surface area (Å²) in [5, 5.41) is 22.3. The van der Waals surface area contributed by atoms with Crippen LogP contribution in [-0.4, -0.2) is 46.1 Å². The summed E-state index contributed by atoms with van der Waals surface area (Å²) in [6, 6.07) is 30.2. The smallest absolute Gasteiger partial charge is 0.343 e. The molecule has 0 amide bonds. The van der Waals surface area contributed by atoms with Crippen molar-refractivity contribution >= 4 is 45.3 Å². The number of ether oxygens (including phenoxy) is 1. The Morgan fingerprint density at radius 1 is 0.860 bits per heavy atom. The maximum Gasteiger partial charge on any atom is 0.343 e. The van der Waals surface area contributed by atoms with Crippen LogP contribution < -0.4 is 9.61 Å². The van der Waals surface area contributed by atoms with Crippen molar-refractivity contribution < 1.29 is 29.4 Å². The largest absolute Gasteiger partial charge is 0.492 e. The van der Waals surface area contributed by atoms with E-state index in [1.165, 1.54) is 7.11 Å². The number of benzene rings is 4. The molecule has 0 aliphatic rings. The van der Waals surface area contributed by atoms with E-state index in [9.17, 15) is 14.4 Å². The maximum atomic E-state index is 12.9. The lowest BCUT2D eigenvalue weighted by molar-refractivity contribution is -0.140. The molecule has 0 fully saturated rings. The first-order valence-corrected chi connectivity index (χ1v) is 14.0. The van der Waals surface area contributed by atoms with Crippen LogP contribution in [0.1, 0.15) is 16.7 Å². The lowest BCUT2D eigenvalue weighted by atomic mass is 9.99. The summed E-state index contributed by atoms with van der Waals surface area (Å²) >= 11 is 1.14. The molecule has 1 aromatic heterocycles. The van der Waals surface area contributed by atoms with Gasteiger partial charge in [-0.2, -0.15) is 0 Å². The normalized spacial score (nSPS) is 11.2. The van der Waals surface area contributed by atoms with Gasteiger partial charge in [0.1, 0.15) is 30.8 Å². The van der Waals surface area contributed by atoms with Gasteiger partial charge < -0.3 is 19.8 Å². The zero-order valence-electron chi connectivity index (χ0n) is 23.0. The third-order valence-corrected chi connectivity index (χ3v) is 7.57. The monoisotopic (exact) mass is 594 g/mol. The third kappa shape index (κ3) is 6.71. The summed E-state index contributed by atoms with van der Waals surface area (Å²) in [5.74, 6) is -2.54. The average Bonchev–Trinajstić information content (AvgIpc) is 3.33. The van der Waals surface area contributed by atoms with Crippen LogP contribution in [0.3, 0.4) is 0 Å². The van der Waals surface area contributed by atoms with Gasteiger partial charge >= 0.3 is 16.8 Å². The van der Waals surface area contributed by atoms with Gasteiger partial charge in [0.2, 0.25) is 0 Å². The Morgan fingerprint density at radius 2 is 1.51 bits per heavy atom. The molecule has 5 aromatic rings. The molecular formula is C33H26N2O7S. The van der Waals surface area contributed by atoms with E-state index in [4.69, 9.17) is 19.8 Å². The van der Waals surface area contributed by atoms with Crippen LogP contribution in [-0.2, 0) is 21.0 Å². The number of carboxylic acid groups (broad SMARTS) is 2. The molecule has 4 aromatic carbocycles. The fourth-order valence-electron chi connectivity index (χ4n) is 4.54. The SMILES string of the molecule is CO/N=C(/c1ccc(-c2ccccc2)cc1)c1ccc2c(c1)sc(=O)n2CCOc1ccc(C=C(C(=O)O)C(=O)O)cc1. The molecule has 216 valence electrons. The van der Waals surface area contributed by atoms with Crippen molar-refractivity contribution in [2.75, 3.05) is 13.7 Å². The number of rotatable bonds is 11. The summed E-state index contributed by atoms with van der Waals surface area (Å²) in [6.45, 7) is 0.518. The van der Waals surface area contributed by atoms with Crippen LogP contribution in [0, 0.1) is 0 Å². The van der Waals surface area contributed by atoms with Crippen LogP contribution in [0.2, 0.25) is 0 Å². The molecule has 0 spiro atoms.